The maximum Gasteiger partial charge on any atom is 0.417 e. The maximum atomic E-state index is 14.0. The van der Waals surface area contributed by atoms with Crippen molar-refractivity contribution in [1.82, 2.24) is 24.7 Å². The average Bonchev–Trinajstić information content (AvgIpc) is 3.19. The number of halogens is 5. The van der Waals surface area contributed by atoms with Crippen LogP contribution in [0.3, 0.4) is 0 Å². The molecular weight excluding hydrogens is 431 g/mol. The van der Waals surface area contributed by atoms with Crippen LogP contribution in [0.25, 0.3) is 22.6 Å². The van der Waals surface area contributed by atoms with Crippen molar-refractivity contribution in [1.29, 1.82) is 0 Å². The van der Waals surface area contributed by atoms with Crippen LogP contribution in [-0.2, 0) is 19.8 Å². The minimum atomic E-state index is -4.58. The van der Waals surface area contributed by atoms with Gasteiger partial charge in [0, 0.05) is 61.0 Å². The number of rotatable bonds is 5. The van der Waals surface area contributed by atoms with E-state index in [9.17, 15) is 22.0 Å². The summed E-state index contributed by atoms with van der Waals surface area (Å²) in [5.74, 6) is -1.21. The van der Waals surface area contributed by atoms with E-state index in [2.05, 4.69) is 25.4 Å². The van der Waals surface area contributed by atoms with Crippen molar-refractivity contribution in [3.8, 4) is 22.6 Å². The van der Waals surface area contributed by atoms with E-state index in [-0.39, 0.29) is 29.3 Å². The van der Waals surface area contributed by atoms with E-state index in [1.54, 1.807) is 30.2 Å². The van der Waals surface area contributed by atoms with Crippen molar-refractivity contribution >= 4 is 5.82 Å². The Morgan fingerprint density at radius 3 is 2.47 bits per heavy atom. The van der Waals surface area contributed by atoms with Gasteiger partial charge in [-0.3, -0.25) is 9.67 Å². The number of hydrogen-bond donors (Lipinski definition) is 1. The fourth-order valence-electron chi connectivity index (χ4n) is 2.94. The van der Waals surface area contributed by atoms with Gasteiger partial charge in [0.1, 0.15) is 17.5 Å². The summed E-state index contributed by atoms with van der Waals surface area (Å²) in [6.07, 6.45) is 0.580. The zero-order valence-corrected chi connectivity index (χ0v) is 16.5. The molecule has 4 aromatic rings. The SMILES string of the molecule is Cn1cc(-c2cc(NCc3ccc(F)cc3F)nc(-c3cncc(C(F)(F)F)c3)n2)cn1. The van der Waals surface area contributed by atoms with E-state index < -0.39 is 23.4 Å². The van der Waals surface area contributed by atoms with Crippen LogP contribution in [0.5, 0.6) is 0 Å². The number of alkyl halides is 3. The lowest BCUT2D eigenvalue weighted by atomic mass is 10.1. The minimum absolute atomic E-state index is 0.00738. The third-order valence-corrected chi connectivity index (χ3v) is 4.53. The van der Waals surface area contributed by atoms with Gasteiger partial charge in [0.2, 0.25) is 0 Å². The van der Waals surface area contributed by atoms with E-state index in [0.29, 0.717) is 17.5 Å². The molecule has 0 radical (unpaired) electrons. The second kappa shape index (κ2) is 8.33. The highest BCUT2D eigenvalue weighted by Crippen LogP contribution is 2.31. The zero-order valence-electron chi connectivity index (χ0n) is 16.5. The summed E-state index contributed by atoms with van der Waals surface area (Å²) >= 11 is 0. The molecule has 0 saturated heterocycles. The van der Waals surface area contributed by atoms with Crippen LogP contribution < -0.4 is 5.32 Å². The molecule has 3 aromatic heterocycles. The number of nitrogens with zero attached hydrogens (tertiary/aromatic N) is 5. The van der Waals surface area contributed by atoms with Crippen LogP contribution in [0.4, 0.5) is 27.8 Å². The molecule has 4 rings (SSSR count). The summed E-state index contributed by atoms with van der Waals surface area (Å²) in [7, 11) is 1.71. The van der Waals surface area contributed by atoms with Gasteiger partial charge in [-0.2, -0.15) is 18.3 Å². The standard InChI is InChI=1S/C21H15F5N6/c1-32-11-14(9-29-32)18-6-19(28-8-12-2-3-16(22)5-17(12)23)31-20(30-18)13-4-15(10-27-7-13)21(24,25)26/h2-7,9-11H,8H2,1H3,(H,28,30,31). The fourth-order valence-corrected chi connectivity index (χ4v) is 2.94. The molecule has 1 N–H and O–H groups in total. The Kier molecular flexibility index (Phi) is 5.56. The van der Waals surface area contributed by atoms with Gasteiger partial charge < -0.3 is 5.32 Å². The van der Waals surface area contributed by atoms with E-state index in [0.717, 1.165) is 18.2 Å². The Morgan fingerprint density at radius 1 is 0.969 bits per heavy atom. The third kappa shape index (κ3) is 4.71. The third-order valence-electron chi connectivity index (χ3n) is 4.53. The van der Waals surface area contributed by atoms with E-state index in [1.165, 1.54) is 12.3 Å². The van der Waals surface area contributed by atoms with Crippen LogP contribution in [-0.4, -0.2) is 24.7 Å². The first-order valence-corrected chi connectivity index (χ1v) is 9.27. The van der Waals surface area contributed by atoms with Crippen LogP contribution in [0.1, 0.15) is 11.1 Å². The van der Waals surface area contributed by atoms with Gasteiger partial charge in [-0.05, 0) is 12.1 Å². The predicted molar refractivity (Wildman–Crippen MR) is 106 cm³/mol. The predicted octanol–water partition coefficient (Wildman–Crippen LogP) is 4.85. The first kappa shape index (κ1) is 21.3. The van der Waals surface area contributed by atoms with Crippen molar-refractivity contribution in [3.63, 3.8) is 0 Å². The molecule has 0 unspecified atom stereocenters. The molecule has 0 bridgehead atoms. The molecule has 6 nitrogen and oxygen atoms in total. The molecule has 0 spiro atoms. The van der Waals surface area contributed by atoms with Gasteiger partial charge in [0.25, 0.3) is 0 Å². The second-order valence-electron chi connectivity index (χ2n) is 6.91. The molecule has 3 heterocycles. The Morgan fingerprint density at radius 2 is 1.78 bits per heavy atom. The lowest BCUT2D eigenvalue weighted by Gasteiger charge is -2.11. The van der Waals surface area contributed by atoms with Crippen LogP contribution in [0.15, 0.2) is 55.1 Å². The van der Waals surface area contributed by atoms with E-state index >= 15 is 0 Å². The average molecular weight is 446 g/mol. The Balaban J connectivity index is 1.73. The number of aryl methyl sites for hydroxylation is 1. The molecule has 0 aliphatic heterocycles. The summed E-state index contributed by atoms with van der Waals surface area (Å²) in [4.78, 5) is 12.3. The van der Waals surface area contributed by atoms with Gasteiger partial charge >= 0.3 is 6.18 Å². The Bertz CT molecular complexity index is 1270. The van der Waals surface area contributed by atoms with Gasteiger partial charge in [-0.15, -0.1) is 0 Å². The normalized spacial score (nSPS) is 11.6. The van der Waals surface area contributed by atoms with Crippen LogP contribution in [0.2, 0.25) is 0 Å². The number of pyridine rings is 1. The lowest BCUT2D eigenvalue weighted by Crippen LogP contribution is -2.07. The van der Waals surface area contributed by atoms with E-state index in [1.807, 2.05) is 0 Å². The second-order valence-corrected chi connectivity index (χ2v) is 6.91. The first-order chi connectivity index (χ1) is 15.2. The fraction of sp³-hybridized carbons (Fsp3) is 0.143. The minimum Gasteiger partial charge on any atom is -0.366 e. The van der Waals surface area contributed by atoms with Crippen LogP contribution in [0, 0.1) is 11.6 Å². The smallest absolute Gasteiger partial charge is 0.366 e. The van der Waals surface area contributed by atoms with Crippen molar-refractivity contribution in [2.45, 2.75) is 12.7 Å². The van der Waals surface area contributed by atoms with Gasteiger partial charge in [-0.25, -0.2) is 18.7 Å². The van der Waals surface area contributed by atoms with Crippen molar-refractivity contribution in [2.24, 2.45) is 7.05 Å². The highest BCUT2D eigenvalue weighted by atomic mass is 19.4. The molecule has 0 fully saturated rings. The highest BCUT2D eigenvalue weighted by molar-refractivity contribution is 5.66. The zero-order chi connectivity index (χ0) is 22.9. The first-order valence-electron chi connectivity index (χ1n) is 9.27. The van der Waals surface area contributed by atoms with Crippen molar-refractivity contribution < 1.29 is 22.0 Å². The number of benzene rings is 1. The molecule has 0 aliphatic rings. The Hall–Kier alpha value is -3.89. The summed E-state index contributed by atoms with van der Waals surface area (Å²) in [6.45, 7) is -0.0319. The van der Waals surface area contributed by atoms with Gasteiger partial charge in [-0.1, -0.05) is 6.07 Å². The van der Waals surface area contributed by atoms with Crippen LogP contribution >= 0.6 is 0 Å². The summed E-state index contributed by atoms with van der Waals surface area (Å²) < 4.78 is 68.0. The topological polar surface area (TPSA) is 68.5 Å². The van der Waals surface area contributed by atoms with Gasteiger partial charge in [0.15, 0.2) is 5.82 Å². The molecule has 164 valence electrons. The number of hydrogen-bond acceptors (Lipinski definition) is 5. The van der Waals surface area contributed by atoms with Gasteiger partial charge in [0.05, 0.1) is 17.5 Å². The molecular formula is C21H15F5N6. The molecule has 0 atom stereocenters. The summed E-state index contributed by atoms with van der Waals surface area (Å²) in [5, 5.41) is 6.98. The molecule has 32 heavy (non-hydrogen) atoms. The molecule has 0 saturated carbocycles. The summed E-state index contributed by atoms with van der Waals surface area (Å²) in [6, 6.07) is 5.64. The number of anilines is 1. The maximum absolute atomic E-state index is 14.0. The van der Waals surface area contributed by atoms with E-state index in [4.69, 9.17) is 0 Å². The largest absolute Gasteiger partial charge is 0.417 e. The molecule has 11 heteroatoms. The number of aromatic nitrogens is 5. The monoisotopic (exact) mass is 446 g/mol. The lowest BCUT2D eigenvalue weighted by molar-refractivity contribution is -0.137. The quantitative estimate of drug-likeness (QED) is 0.444. The molecule has 0 amide bonds. The number of nitrogens with one attached hydrogen (secondary N) is 1. The Labute approximate surface area is 178 Å². The molecule has 1 aromatic carbocycles. The highest BCUT2D eigenvalue weighted by Gasteiger charge is 2.31. The summed E-state index contributed by atoms with van der Waals surface area (Å²) in [5.41, 5.74) is 0.305. The van der Waals surface area contributed by atoms with Crippen molar-refractivity contribution in [2.75, 3.05) is 5.32 Å². The van der Waals surface area contributed by atoms with Crippen molar-refractivity contribution in [3.05, 3.63) is 77.9 Å². The molecule has 0 aliphatic carbocycles.